The van der Waals surface area contributed by atoms with Crippen LogP contribution in [0.25, 0.3) is 0 Å². The molecule has 1 heterocycles. The second-order valence-corrected chi connectivity index (χ2v) is 7.22. The van der Waals surface area contributed by atoms with Crippen LogP contribution in [-0.2, 0) is 4.79 Å². The lowest BCUT2D eigenvalue weighted by molar-refractivity contribution is -0.119. The van der Waals surface area contributed by atoms with Crippen molar-refractivity contribution in [2.45, 2.75) is 53.0 Å². The Hall–Kier alpha value is -0.990. The molecular formula is C14H23NO2. The van der Waals surface area contributed by atoms with Gasteiger partial charge in [-0.3, -0.25) is 4.79 Å². The number of aliphatic hydroxyl groups is 1. The molecule has 3 heteroatoms. The van der Waals surface area contributed by atoms with Gasteiger partial charge in [0.1, 0.15) is 0 Å². The summed E-state index contributed by atoms with van der Waals surface area (Å²) in [6.45, 7) is 9.17. The predicted molar refractivity (Wildman–Crippen MR) is 67.5 cm³/mol. The highest BCUT2D eigenvalue weighted by Crippen LogP contribution is 2.49. The molecule has 0 aromatic rings. The van der Waals surface area contributed by atoms with E-state index < -0.39 is 0 Å². The van der Waals surface area contributed by atoms with E-state index in [1.54, 1.807) is 6.08 Å². The summed E-state index contributed by atoms with van der Waals surface area (Å²) >= 11 is 0. The highest BCUT2D eigenvalue weighted by atomic mass is 16.3. The maximum atomic E-state index is 11.3. The minimum absolute atomic E-state index is 0.0151. The van der Waals surface area contributed by atoms with Crippen molar-refractivity contribution >= 4 is 5.91 Å². The molecule has 0 spiro atoms. The quantitative estimate of drug-likeness (QED) is 0.736. The summed E-state index contributed by atoms with van der Waals surface area (Å²) < 4.78 is 0. The molecule has 1 aliphatic carbocycles. The Bertz CT molecular complexity index is 352. The van der Waals surface area contributed by atoms with Gasteiger partial charge in [-0.05, 0) is 42.1 Å². The fraction of sp³-hybridized carbons (Fsp3) is 0.786. The van der Waals surface area contributed by atoms with Crippen molar-refractivity contribution in [3.8, 4) is 0 Å². The first kappa shape index (κ1) is 12.5. The average Bonchev–Trinajstić information content (AvgIpc) is 2.41. The van der Waals surface area contributed by atoms with Crippen molar-refractivity contribution in [2.24, 2.45) is 16.7 Å². The molecule has 0 bridgehead atoms. The third-order valence-corrected chi connectivity index (χ3v) is 3.96. The topological polar surface area (TPSA) is 49.3 Å². The largest absolute Gasteiger partial charge is 0.503 e. The van der Waals surface area contributed by atoms with Crippen LogP contribution < -0.4 is 5.32 Å². The number of amides is 1. The second kappa shape index (κ2) is 3.76. The average molecular weight is 237 g/mol. The molecule has 1 aliphatic heterocycles. The fourth-order valence-corrected chi connectivity index (χ4v) is 3.95. The Morgan fingerprint density at radius 3 is 2.18 bits per heavy atom. The van der Waals surface area contributed by atoms with E-state index in [0.29, 0.717) is 16.7 Å². The van der Waals surface area contributed by atoms with Crippen molar-refractivity contribution in [1.82, 2.24) is 5.32 Å². The van der Waals surface area contributed by atoms with Crippen LogP contribution in [0.4, 0.5) is 0 Å². The van der Waals surface area contributed by atoms with Gasteiger partial charge in [-0.15, -0.1) is 0 Å². The van der Waals surface area contributed by atoms with Crippen LogP contribution >= 0.6 is 0 Å². The molecule has 0 radical (unpaired) electrons. The third-order valence-electron chi connectivity index (χ3n) is 3.96. The minimum atomic E-state index is -0.323. The van der Waals surface area contributed by atoms with E-state index in [1.165, 1.54) is 6.42 Å². The monoisotopic (exact) mass is 237 g/mol. The first-order valence-corrected chi connectivity index (χ1v) is 6.40. The normalized spacial score (nSPS) is 32.1. The van der Waals surface area contributed by atoms with Crippen molar-refractivity contribution in [3.63, 3.8) is 0 Å². The van der Waals surface area contributed by atoms with Crippen LogP contribution in [0.3, 0.4) is 0 Å². The molecule has 17 heavy (non-hydrogen) atoms. The summed E-state index contributed by atoms with van der Waals surface area (Å²) in [6, 6.07) is 0.0151. The van der Waals surface area contributed by atoms with E-state index in [-0.39, 0.29) is 17.7 Å². The van der Waals surface area contributed by atoms with E-state index in [9.17, 15) is 9.90 Å². The molecule has 1 amide bonds. The van der Waals surface area contributed by atoms with E-state index in [2.05, 4.69) is 33.0 Å². The molecule has 3 nitrogen and oxygen atoms in total. The van der Waals surface area contributed by atoms with Crippen LogP contribution in [0.1, 0.15) is 47.0 Å². The van der Waals surface area contributed by atoms with E-state index >= 15 is 0 Å². The van der Waals surface area contributed by atoms with Crippen molar-refractivity contribution in [1.29, 1.82) is 0 Å². The van der Waals surface area contributed by atoms with Gasteiger partial charge in [0.2, 0.25) is 0 Å². The number of hydrogen-bond acceptors (Lipinski definition) is 2. The fourth-order valence-electron chi connectivity index (χ4n) is 3.95. The van der Waals surface area contributed by atoms with Crippen LogP contribution in [0.2, 0.25) is 0 Å². The van der Waals surface area contributed by atoms with Gasteiger partial charge in [0.15, 0.2) is 5.76 Å². The molecule has 2 N–H and O–H groups in total. The molecule has 1 fully saturated rings. The van der Waals surface area contributed by atoms with E-state index in [1.807, 2.05) is 0 Å². The highest BCUT2D eigenvalue weighted by Gasteiger charge is 2.42. The van der Waals surface area contributed by atoms with E-state index in [4.69, 9.17) is 0 Å². The first-order chi connectivity index (χ1) is 7.69. The van der Waals surface area contributed by atoms with Gasteiger partial charge in [-0.1, -0.05) is 27.7 Å². The van der Waals surface area contributed by atoms with Crippen molar-refractivity contribution in [2.75, 3.05) is 0 Å². The number of nitrogens with one attached hydrogen (secondary N) is 1. The summed E-state index contributed by atoms with van der Waals surface area (Å²) in [5.74, 6) is -0.00489. The Kier molecular flexibility index (Phi) is 2.75. The molecule has 1 unspecified atom stereocenters. The Morgan fingerprint density at radius 1 is 1.24 bits per heavy atom. The first-order valence-electron chi connectivity index (χ1n) is 6.40. The van der Waals surface area contributed by atoms with Gasteiger partial charge in [0, 0.05) is 0 Å². The lowest BCUT2D eigenvalue weighted by Gasteiger charge is -2.46. The zero-order valence-electron chi connectivity index (χ0n) is 11.2. The molecule has 2 aliphatic rings. The molecule has 0 aromatic heterocycles. The summed E-state index contributed by atoms with van der Waals surface area (Å²) in [4.78, 5) is 11.3. The summed E-state index contributed by atoms with van der Waals surface area (Å²) in [5, 5.41) is 12.3. The molecule has 0 aromatic carbocycles. The predicted octanol–water partition coefficient (Wildman–Crippen LogP) is 2.78. The van der Waals surface area contributed by atoms with Gasteiger partial charge in [0.25, 0.3) is 5.91 Å². The maximum absolute atomic E-state index is 11.3. The van der Waals surface area contributed by atoms with Crippen LogP contribution in [0.5, 0.6) is 0 Å². The van der Waals surface area contributed by atoms with Gasteiger partial charge in [0.05, 0.1) is 6.04 Å². The van der Waals surface area contributed by atoms with Gasteiger partial charge in [-0.25, -0.2) is 0 Å². The summed E-state index contributed by atoms with van der Waals surface area (Å²) in [6.07, 6.45) is 5.10. The lowest BCUT2D eigenvalue weighted by Crippen LogP contribution is -2.43. The molecule has 1 atom stereocenters. The number of hydrogen-bond donors (Lipinski definition) is 2. The van der Waals surface area contributed by atoms with Crippen molar-refractivity contribution in [3.05, 3.63) is 11.8 Å². The molecule has 0 saturated heterocycles. The molecule has 2 rings (SSSR count). The third kappa shape index (κ3) is 2.64. The minimum Gasteiger partial charge on any atom is -0.503 e. The standard InChI is InChI=1S/C14H23NO2/c1-13(2)6-9(7-14(3,4)8-13)10-5-11(16)12(17)15-10/h5,9-10,16H,6-8H2,1-4H3,(H,15,17). The summed E-state index contributed by atoms with van der Waals surface area (Å²) in [5.41, 5.74) is 0.617. The molecular weight excluding hydrogens is 214 g/mol. The van der Waals surface area contributed by atoms with Gasteiger partial charge < -0.3 is 10.4 Å². The number of aliphatic hydroxyl groups excluding tert-OH is 1. The van der Waals surface area contributed by atoms with Gasteiger partial charge in [-0.2, -0.15) is 0 Å². The Labute approximate surface area is 103 Å². The number of rotatable bonds is 1. The summed E-state index contributed by atoms with van der Waals surface area (Å²) in [7, 11) is 0. The number of carbonyl (C=O) groups excluding carboxylic acids is 1. The van der Waals surface area contributed by atoms with Crippen molar-refractivity contribution < 1.29 is 9.90 Å². The Balaban J connectivity index is 2.15. The Morgan fingerprint density at radius 2 is 1.76 bits per heavy atom. The van der Waals surface area contributed by atoms with E-state index in [0.717, 1.165) is 12.8 Å². The zero-order chi connectivity index (χ0) is 12.8. The van der Waals surface area contributed by atoms with Crippen LogP contribution in [0, 0.1) is 16.7 Å². The highest BCUT2D eigenvalue weighted by molar-refractivity contribution is 5.93. The van der Waals surface area contributed by atoms with Crippen LogP contribution in [-0.4, -0.2) is 17.1 Å². The van der Waals surface area contributed by atoms with Gasteiger partial charge >= 0.3 is 0 Å². The van der Waals surface area contributed by atoms with Crippen LogP contribution in [0.15, 0.2) is 11.8 Å². The lowest BCUT2D eigenvalue weighted by atomic mass is 9.60. The molecule has 96 valence electrons. The zero-order valence-corrected chi connectivity index (χ0v) is 11.2. The second-order valence-electron chi connectivity index (χ2n) is 7.22. The smallest absolute Gasteiger partial charge is 0.286 e. The molecule has 1 saturated carbocycles. The SMILES string of the molecule is CC1(C)CC(C2C=C(O)C(=O)N2)CC(C)(C)C1. The number of carbonyl (C=O) groups is 1. The maximum Gasteiger partial charge on any atom is 0.286 e.